The summed E-state index contributed by atoms with van der Waals surface area (Å²) in [7, 11) is 0. The topological polar surface area (TPSA) is 34.9 Å². The maximum Gasteiger partial charge on any atom is 0.179 e. The van der Waals surface area contributed by atoms with Gasteiger partial charge in [0.05, 0.1) is 6.04 Å². The highest BCUT2D eigenvalue weighted by Gasteiger charge is 2.20. The summed E-state index contributed by atoms with van der Waals surface area (Å²) in [5, 5.41) is 4.20. The summed E-state index contributed by atoms with van der Waals surface area (Å²) in [5.41, 5.74) is 0.585. The number of rotatable bonds is 2. The van der Waals surface area contributed by atoms with E-state index in [9.17, 15) is 4.79 Å². The van der Waals surface area contributed by atoms with E-state index in [4.69, 9.17) is 0 Å². The van der Waals surface area contributed by atoms with Crippen molar-refractivity contribution in [3.8, 4) is 0 Å². The highest BCUT2D eigenvalue weighted by molar-refractivity contribution is 5.91. The first-order valence-electron chi connectivity index (χ1n) is 4.33. The Hall–Kier alpha value is -1.12. The van der Waals surface area contributed by atoms with Gasteiger partial charge in [0.15, 0.2) is 5.78 Å². The van der Waals surface area contributed by atoms with Crippen LogP contribution in [0.15, 0.2) is 12.3 Å². The number of Topliss-reactive ketones (excluding diaryl/α,β-unsaturated/α-hetero) is 1. The van der Waals surface area contributed by atoms with E-state index in [0.29, 0.717) is 11.7 Å². The normalized spacial score (nSPS) is 17.4. The van der Waals surface area contributed by atoms with Crippen LogP contribution in [0.4, 0.5) is 0 Å². The maximum absolute atomic E-state index is 10.9. The monoisotopic (exact) mass is 164 g/mol. The molecule has 1 aliphatic carbocycles. The Morgan fingerprint density at radius 3 is 2.83 bits per heavy atom. The number of nitrogens with zero attached hydrogens (tertiary/aromatic N) is 2. The lowest BCUT2D eigenvalue weighted by Crippen LogP contribution is -2.17. The summed E-state index contributed by atoms with van der Waals surface area (Å²) in [5.74, 6) is 0.0491. The van der Waals surface area contributed by atoms with Gasteiger partial charge in [0.2, 0.25) is 0 Å². The summed E-state index contributed by atoms with van der Waals surface area (Å²) < 4.78 is 1.92. The minimum absolute atomic E-state index is 0.0491. The second-order valence-corrected chi connectivity index (χ2v) is 3.32. The number of carbonyl (C=O) groups excluding carboxylic acids is 1. The molecule has 0 saturated heterocycles. The molecular weight excluding hydrogens is 152 g/mol. The molecule has 1 heterocycles. The zero-order valence-corrected chi connectivity index (χ0v) is 7.16. The first kappa shape index (κ1) is 7.53. The van der Waals surface area contributed by atoms with Gasteiger partial charge in [0.1, 0.15) is 5.69 Å². The SMILES string of the molecule is CC(=O)c1ccn(C2CCC2)n1. The Balaban J connectivity index is 2.17. The average Bonchev–Trinajstić information content (AvgIpc) is 2.32. The smallest absolute Gasteiger partial charge is 0.179 e. The molecule has 2 rings (SSSR count). The lowest BCUT2D eigenvalue weighted by Gasteiger charge is -2.25. The molecule has 0 atom stereocenters. The van der Waals surface area contributed by atoms with Crippen LogP contribution in [0.25, 0.3) is 0 Å². The van der Waals surface area contributed by atoms with Crippen molar-refractivity contribution in [3.63, 3.8) is 0 Å². The van der Waals surface area contributed by atoms with Gasteiger partial charge in [-0.1, -0.05) is 0 Å². The summed E-state index contributed by atoms with van der Waals surface area (Å²) in [4.78, 5) is 10.9. The zero-order valence-electron chi connectivity index (χ0n) is 7.16. The third kappa shape index (κ3) is 1.15. The molecule has 0 amide bonds. The predicted octanol–water partition coefficient (Wildman–Crippen LogP) is 1.81. The largest absolute Gasteiger partial charge is 0.293 e. The van der Waals surface area contributed by atoms with Gasteiger partial charge in [-0.05, 0) is 25.3 Å². The third-order valence-corrected chi connectivity index (χ3v) is 2.42. The van der Waals surface area contributed by atoms with Gasteiger partial charge in [0.25, 0.3) is 0 Å². The molecule has 1 aromatic rings. The average molecular weight is 164 g/mol. The van der Waals surface area contributed by atoms with E-state index in [-0.39, 0.29) is 5.78 Å². The van der Waals surface area contributed by atoms with Crippen LogP contribution in [0, 0.1) is 0 Å². The molecule has 0 bridgehead atoms. The van der Waals surface area contributed by atoms with Crippen LogP contribution in [-0.2, 0) is 0 Å². The third-order valence-electron chi connectivity index (χ3n) is 2.42. The van der Waals surface area contributed by atoms with Crippen molar-refractivity contribution >= 4 is 5.78 Å². The summed E-state index contributed by atoms with van der Waals surface area (Å²) >= 11 is 0. The zero-order chi connectivity index (χ0) is 8.55. The fourth-order valence-electron chi connectivity index (χ4n) is 1.38. The lowest BCUT2D eigenvalue weighted by molar-refractivity contribution is 0.101. The molecule has 12 heavy (non-hydrogen) atoms. The lowest BCUT2D eigenvalue weighted by atomic mass is 9.93. The van der Waals surface area contributed by atoms with Gasteiger partial charge in [-0.15, -0.1) is 0 Å². The van der Waals surface area contributed by atoms with Crippen molar-refractivity contribution in [2.45, 2.75) is 32.2 Å². The van der Waals surface area contributed by atoms with E-state index in [0.717, 1.165) is 0 Å². The van der Waals surface area contributed by atoms with Gasteiger partial charge >= 0.3 is 0 Å². The first-order valence-corrected chi connectivity index (χ1v) is 4.33. The molecule has 64 valence electrons. The van der Waals surface area contributed by atoms with Gasteiger partial charge in [-0.25, -0.2) is 0 Å². The second kappa shape index (κ2) is 2.73. The molecule has 1 aliphatic rings. The van der Waals surface area contributed by atoms with Crippen LogP contribution in [-0.4, -0.2) is 15.6 Å². The molecule has 1 fully saturated rings. The number of carbonyl (C=O) groups is 1. The summed E-state index contributed by atoms with van der Waals surface area (Å²) in [6.07, 6.45) is 5.61. The van der Waals surface area contributed by atoms with Gasteiger partial charge in [-0.3, -0.25) is 9.48 Å². The van der Waals surface area contributed by atoms with Crippen molar-refractivity contribution < 1.29 is 4.79 Å². The van der Waals surface area contributed by atoms with Gasteiger partial charge in [-0.2, -0.15) is 5.10 Å². The first-order chi connectivity index (χ1) is 5.77. The quantitative estimate of drug-likeness (QED) is 0.625. The van der Waals surface area contributed by atoms with E-state index in [2.05, 4.69) is 5.10 Å². The maximum atomic E-state index is 10.9. The summed E-state index contributed by atoms with van der Waals surface area (Å²) in [6.45, 7) is 1.55. The van der Waals surface area contributed by atoms with Crippen LogP contribution in [0.3, 0.4) is 0 Å². The highest BCUT2D eigenvalue weighted by Crippen LogP contribution is 2.30. The molecule has 0 unspecified atom stereocenters. The van der Waals surface area contributed by atoms with E-state index in [1.165, 1.54) is 19.3 Å². The molecule has 3 heteroatoms. The summed E-state index contributed by atoms with van der Waals surface area (Å²) in [6, 6.07) is 2.35. The number of ketones is 1. The molecule has 1 aromatic heterocycles. The Bertz CT molecular complexity index is 299. The van der Waals surface area contributed by atoms with Crippen molar-refractivity contribution in [2.24, 2.45) is 0 Å². The van der Waals surface area contributed by atoms with Crippen molar-refractivity contribution in [1.29, 1.82) is 0 Å². The fraction of sp³-hybridized carbons (Fsp3) is 0.556. The molecule has 0 N–H and O–H groups in total. The standard InChI is InChI=1S/C9H12N2O/c1-7(12)9-5-6-11(10-9)8-3-2-4-8/h5-6,8H,2-4H2,1H3. The second-order valence-electron chi connectivity index (χ2n) is 3.32. The molecule has 1 saturated carbocycles. The van der Waals surface area contributed by atoms with Gasteiger partial charge < -0.3 is 0 Å². The Morgan fingerprint density at radius 2 is 2.42 bits per heavy atom. The molecule has 0 aliphatic heterocycles. The molecular formula is C9H12N2O. The van der Waals surface area contributed by atoms with Crippen LogP contribution in [0.2, 0.25) is 0 Å². The Labute approximate surface area is 71.4 Å². The number of hydrogen-bond acceptors (Lipinski definition) is 2. The Morgan fingerprint density at radius 1 is 1.67 bits per heavy atom. The Kier molecular flexibility index (Phi) is 1.71. The predicted molar refractivity (Wildman–Crippen MR) is 45.1 cm³/mol. The minimum Gasteiger partial charge on any atom is -0.293 e. The van der Waals surface area contributed by atoms with E-state index >= 15 is 0 Å². The number of aromatic nitrogens is 2. The molecule has 0 spiro atoms. The van der Waals surface area contributed by atoms with E-state index in [1.807, 2.05) is 10.9 Å². The fourth-order valence-corrected chi connectivity index (χ4v) is 1.38. The minimum atomic E-state index is 0.0491. The van der Waals surface area contributed by atoms with Crippen LogP contribution in [0.1, 0.15) is 42.7 Å². The van der Waals surface area contributed by atoms with Gasteiger partial charge in [0, 0.05) is 13.1 Å². The van der Waals surface area contributed by atoms with Crippen molar-refractivity contribution in [1.82, 2.24) is 9.78 Å². The van der Waals surface area contributed by atoms with Crippen LogP contribution in [0.5, 0.6) is 0 Å². The van der Waals surface area contributed by atoms with Crippen molar-refractivity contribution in [2.75, 3.05) is 0 Å². The van der Waals surface area contributed by atoms with E-state index in [1.54, 1.807) is 13.0 Å². The molecule has 3 nitrogen and oxygen atoms in total. The van der Waals surface area contributed by atoms with Crippen LogP contribution >= 0.6 is 0 Å². The van der Waals surface area contributed by atoms with E-state index < -0.39 is 0 Å². The van der Waals surface area contributed by atoms with Crippen LogP contribution < -0.4 is 0 Å². The highest BCUT2D eigenvalue weighted by atomic mass is 16.1. The molecule has 0 aromatic carbocycles. The van der Waals surface area contributed by atoms with Crippen molar-refractivity contribution in [3.05, 3.63) is 18.0 Å². The number of hydrogen-bond donors (Lipinski definition) is 0. The molecule has 0 radical (unpaired) electrons.